The molecule has 0 saturated carbocycles. The minimum absolute atomic E-state index is 0.195. The van der Waals surface area contributed by atoms with Crippen LogP contribution >= 0.6 is 0 Å². The van der Waals surface area contributed by atoms with E-state index in [0.29, 0.717) is 36.8 Å². The Morgan fingerprint density at radius 1 is 1.30 bits per heavy atom. The zero-order chi connectivity index (χ0) is 16.4. The first-order chi connectivity index (χ1) is 11.1. The maximum absolute atomic E-state index is 13.2. The molecule has 0 bridgehead atoms. The fourth-order valence-electron chi connectivity index (χ4n) is 3.06. The molecule has 1 fully saturated rings. The Morgan fingerprint density at radius 2 is 2.04 bits per heavy atom. The molecule has 2 aromatic rings. The molecular formula is C16H22N4O2S. The second-order valence-electron chi connectivity index (χ2n) is 5.66. The summed E-state index contributed by atoms with van der Waals surface area (Å²) in [6.45, 7) is 6.15. The standard InChI is InChI=1S/C16H22N4O2S/c1-3-19-13(2)16(12-18-19)23(21,22)20-10-9-17-11-15(20)14-7-5-4-6-8-14/h4-8,12,15,17H,3,9-11H2,1-2H3. The van der Waals surface area contributed by atoms with Crippen molar-refractivity contribution in [3.05, 3.63) is 47.8 Å². The van der Waals surface area contributed by atoms with Crippen molar-refractivity contribution in [2.45, 2.75) is 31.3 Å². The van der Waals surface area contributed by atoms with Crippen LogP contribution in [0, 0.1) is 6.92 Å². The monoisotopic (exact) mass is 334 g/mol. The van der Waals surface area contributed by atoms with Gasteiger partial charge in [-0.1, -0.05) is 30.3 Å². The molecule has 0 spiro atoms. The van der Waals surface area contributed by atoms with Crippen LogP contribution in [0.15, 0.2) is 41.4 Å². The van der Waals surface area contributed by atoms with Crippen LogP contribution in [-0.2, 0) is 16.6 Å². The van der Waals surface area contributed by atoms with E-state index < -0.39 is 10.0 Å². The largest absolute Gasteiger partial charge is 0.313 e. The van der Waals surface area contributed by atoms with Crippen LogP contribution in [0.5, 0.6) is 0 Å². The molecule has 7 heteroatoms. The van der Waals surface area contributed by atoms with E-state index in [1.165, 1.54) is 6.20 Å². The van der Waals surface area contributed by atoms with Gasteiger partial charge in [-0.15, -0.1) is 0 Å². The van der Waals surface area contributed by atoms with Crippen molar-refractivity contribution < 1.29 is 8.42 Å². The van der Waals surface area contributed by atoms with Gasteiger partial charge in [0, 0.05) is 26.2 Å². The second-order valence-corrected chi connectivity index (χ2v) is 7.52. The molecule has 1 aliphatic rings. The van der Waals surface area contributed by atoms with E-state index in [0.717, 1.165) is 5.56 Å². The lowest BCUT2D eigenvalue weighted by molar-refractivity contribution is 0.271. The average Bonchev–Trinajstić information content (AvgIpc) is 2.97. The highest BCUT2D eigenvalue weighted by Gasteiger charge is 2.36. The molecule has 2 heterocycles. The number of aromatic nitrogens is 2. The van der Waals surface area contributed by atoms with E-state index in [4.69, 9.17) is 0 Å². The minimum Gasteiger partial charge on any atom is -0.313 e. The van der Waals surface area contributed by atoms with Crippen molar-refractivity contribution in [2.75, 3.05) is 19.6 Å². The highest BCUT2D eigenvalue weighted by atomic mass is 32.2. The smallest absolute Gasteiger partial charge is 0.247 e. The zero-order valence-corrected chi connectivity index (χ0v) is 14.3. The predicted octanol–water partition coefficient (Wildman–Crippen LogP) is 1.55. The van der Waals surface area contributed by atoms with Gasteiger partial charge in [-0.25, -0.2) is 8.42 Å². The van der Waals surface area contributed by atoms with Crippen LogP contribution in [0.25, 0.3) is 0 Å². The predicted molar refractivity (Wildman–Crippen MR) is 88.6 cm³/mol. The highest BCUT2D eigenvalue weighted by molar-refractivity contribution is 7.89. The van der Waals surface area contributed by atoms with Gasteiger partial charge in [-0.05, 0) is 19.4 Å². The minimum atomic E-state index is -3.57. The summed E-state index contributed by atoms with van der Waals surface area (Å²) < 4.78 is 29.6. The van der Waals surface area contributed by atoms with Crippen molar-refractivity contribution in [2.24, 2.45) is 0 Å². The molecule has 1 aromatic carbocycles. The third kappa shape index (κ3) is 2.91. The van der Waals surface area contributed by atoms with Crippen molar-refractivity contribution in [3.63, 3.8) is 0 Å². The summed E-state index contributed by atoms with van der Waals surface area (Å²) in [5.41, 5.74) is 1.70. The van der Waals surface area contributed by atoms with Crippen LogP contribution in [0.1, 0.15) is 24.2 Å². The van der Waals surface area contributed by atoms with Crippen molar-refractivity contribution >= 4 is 10.0 Å². The van der Waals surface area contributed by atoms with Crippen LogP contribution < -0.4 is 5.32 Å². The molecule has 0 aliphatic carbocycles. The topological polar surface area (TPSA) is 67.2 Å². The van der Waals surface area contributed by atoms with Crippen LogP contribution in [-0.4, -0.2) is 42.1 Å². The highest BCUT2D eigenvalue weighted by Crippen LogP contribution is 2.29. The Morgan fingerprint density at radius 3 is 2.70 bits per heavy atom. The van der Waals surface area contributed by atoms with Gasteiger partial charge in [-0.3, -0.25) is 4.68 Å². The SMILES string of the molecule is CCn1ncc(S(=O)(=O)N2CCNCC2c2ccccc2)c1C. The summed E-state index contributed by atoms with van der Waals surface area (Å²) in [7, 11) is -3.57. The Balaban J connectivity index is 2.01. The number of nitrogens with zero attached hydrogens (tertiary/aromatic N) is 3. The lowest BCUT2D eigenvalue weighted by Gasteiger charge is -2.35. The van der Waals surface area contributed by atoms with Crippen molar-refractivity contribution in [1.82, 2.24) is 19.4 Å². The summed E-state index contributed by atoms with van der Waals surface area (Å²) in [6, 6.07) is 9.57. The van der Waals surface area contributed by atoms with Crippen LogP contribution in [0.2, 0.25) is 0 Å². The molecule has 1 unspecified atom stereocenters. The fraction of sp³-hybridized carbons (Fsp3) is 0.438. The second kappa shape index (κ2) is 6.43. The molecule has 3 rings (SSSR count). The summed E-state index contributed by atoms with van der Waals surface area (Å²) in [6.07, 6.45) is 1.47. The van der Waals surface area contributed by atoms with Gasteiger partial charge in [0.1, 0.15) is 4.90 Å². The first-order valence-electron chi connectivity index (χ1n) is 7.85. The molecule has 1 saturated heterocycles. The molecule has 0 amide bonds. The number of rotatable bonds is 4. The molecule has 1 N–H and O–H groups in total. The summed E-state index contributed by atoms with van der Waals surface area (Å²) in [5, 5.41) is 7.48. The first-order valence-corrected chi connectivity index (χ1v) is 9.29. The van der Waals surface area contributed by atoms with Crippen LogP contribution in [0.4, 0.5) is 0 Å². The lowest BCUT2D eigenvalue weighted by Crippen LogP contribution is -2.48. The van der Waals surface area contributed by atoms with Gasteiger partial charge < -0.3 is 5.32 Å². The molecular weight excluding hydrogens is 312 g/mol. The maximum Gasteiger partial charge on any atom is 0.247 e. The number of nitrogens with one attached hydrogen (secondary N) is 1. The van der Waals surface area contributed by atoms with E-state index in [9.17, 15) is 8.42 Å². The van der Waals surface area contributed by atoms with Crippen molar-refractivity contribution in [1.29, 1.82) is 0 Å². The Kier molecular flexibility index (Phi) is 4.52. The average molecular weight is 334 g/mol. The third-order valence-corrected chi connectivity index (χ3v) is 6.33. The van der Waals surface area contributed by atoms with Gasteiger partial charge in [0.05, 0.1) is 17.9 Å². The van der Waals surface area contributed by atoms with E-state index in [1.54, 1.807) is 8.99 Å². The van der Waals surface area contributed by atoms with E-state index >= 15 is 0 Å². The molecule has 6 nitrogen and oxygen atoms in total. The number of aryl methyl sites for hydroxylation is 1. The normalized spacial score (nSPS) is 19.8. The summed E-state index contributed by atoms with van der Waals surface area (Å²) in [4.78, 5) is 0.308. The number of benzene rings is 1. The molecule has 1 atom stereocenters. The number of sulfonamides is 1. The summed E-state index contributed by atoms with van der Waals surface area (Å²) >= 11 is 0. The van der Waals surface area contributed by atoms with Crippen LogP contribution in [0.3, 0.4) is 0 Å². The van der Waals surface area contributed by atoms with E-state index in [2.05, 4.69) is 10.4 Å². The van der Waals surface area contributed by atoms with Gasteiger partial charge >= 0.3 is 0 Å². The molecule has 124 valence electrons. The quantitative estimate of drug-likeness (QED) is 0.921. The maximum atomic E-state index is 13.2. The zero-order valence-electron chi connectivity index (χ0n) is 13.4. The fourth-order valence-corrected chi connectivity index (χ4v) is 4.84. The lowest BCUT2D eigenvalue weighted by atomic mass is 10.1. The summed E-state index contributed by atoms with van der Waals surface area (Å²) in [5.74, 6) is 0. The number of piperazine rings is 1. The van der Waals surface area contributed by atoms with Gasteiger partial charge in [0.25, 0.3) is 0 Å². The molecule has 1 aliphatic heterocycles. The third-order valence-electron chi connectivity index (χ3n) is 4.32. The molecule has 0 radical (unpaired) electrons. The number of hydrogen-bond acceptors (Lipinski definition) is 4. The van der Waals surface area contributed by atoms with Gasteiger partial charge in [0.15, 0.2) is 0 Å². The first kappa shape index (κ1) is 16.2. The molecule has 23 heavy (non-hydrogen) atoms. The van der Waals surface area contributed by atoms with Gasteiger partial charge in [0.2, 0.25) is 10.0 Å². The van der Waals surface area contributed by atoms with Crippen molar-refractivity contribution in [3.8, 4) is 0 Å². The molecule has 1 aromatic heterocycles. The number of hydrogen-bond donors (Lipinski definition) is 1. The Labute approximate surface area is 137 Å². The van der Waals surface area contributed by atoms with E-state index in [-0.39, 0.29) is 6.04 Å². The van der Waals surface area contributed by atoms with Gasteiger partial charge in [-0.2, -0.15) is 9.40 Å². The Bertz CT molecular complexity index is 771. The van der Waals surface area contributed by atoms with E-state index in [1.807, 2.05) is 44.2 Å². The Hall–Kier alpha value is -1.70.